The molecule has 1 N–H and O–H groups in total. The number of carbonyl (C=O) groups excluding carboxylic acids is 1. The second-order valence-corrected chi connectivity index (χ2v) is 7.46. The molecular weight excluding hydrogens is 384 g/mol. The van der Waals surface area contributed by atoms with Gasteiger partial charge < -0.3 is 5.11 Å². The molecule has 0 bridgehead atoms. The van der Waals surface area contributed by atoms with Crippen LogP contribution in [-0.4, -0.2) is 38.8 Å². The Morgan fingerprint density at radius 3 is 2.59 bits per heavy atom. The molecule has 1 atom stereocenters. The summed E-state index contributed by atoms with van der Waals surface area (Å²) in [4.78, 5) is 29.9. The van der Waals surface area contributed by atoms with Crippen molar-refractivity contribution in [3.05, 3.63) is 77.3 Å². The first-order chi connectivity index (χ1) is 13.0. The molecular formula is C20H17ClN2O3S. The number of carboxylic acid groups (broad SMARTS) is 1. The van der Waals surface area contributed by atoms with E-state index in [1.54, 1.807) is 23.1 Å². The van der Waals surface area contributed by atoms with Crippen LogP contribution in [0.5, 0.6) is 0 Å². The maximum atomic E-state index is 12.8. The lowest BCUT2D eigenvalue weighted by molar-refractivity contribution is -0.125. The highest BCUT2D eigenvalue weighted by Crippen LogP contribution is 2.33. The molecule has 138 valence electrons. The van der Waals surface area contributed by atoms with Gasteiger partial charge in [-0.1, -0.05) is 47.6 Å². The number of hydrogen-bond donors (Lipinski definition) is 1. The lowest BCUT2D eigenvalue weighted by Crippen LogP contribution is -2.32. The van der Waals surface area contributed by atoms with Gasteiger partial charge >= 0.3 is 5.97 Å². The third kappa shape index (κ3) is 4.40. The summed E-state index contributed by atoms with van der Waals surface area (Å²) in [5.41, 5.74) is 1.69. The number of rotatable bonds is 6. The first-order valence-corrected chi connectivity index (χ1v) is 9.49. The highest BCUT2D eigenvalue weighted by molar-refractivity contribution is 8.15. The van der Waals surface area contributed by atoms with Crippen molar-refractivity contribution in [3.63, 3.8) is 0 Å². The van der Waals surface area contributed by atoms with Gasteiger partial charge in [-0.15, -0.1) is 6.58 Å². The maximum Gasteiger partial charge on any atom is 0.335 e. The van der Waals surface area contributed by atoms with Gasteiger partial charge in [0.2, 0.25) is 5.91 Å². The summed E-state index contributed by atoms with van der Waals surface area (Å²) in [6.07, 6.45) is 2.16. The molecule has 1 heterocycles. The summed E-state index contributed by atoms with van der Waals surface area (Å²) in [6.45, 7) is 4.07. The van der Waals surface area contributed by atoms with Crippen LogP contribution in [-0.2, 0) is 11.2 Å². The van der Waals surface area contributed by atoms with Crippen molar-refractivity contribution in [1.29, 1.82) is 0 Å². The van der Waals surface area contributed by atoms with Crippen molar-refractivity contribution >= 4 is 46.1 Å². The van der Waals surface area contributed by atoms with Crippen LogP contribution in [0.15, 0.2) is 66.2 Å². The summed E-state index contributed by atoms with van der Waals surface area (Å²) >= 11 is 7.61. The fourth-order valence-corrected chi connectivity index (χ4v) is 4.08. The highest BCUT2D eigenvalue weighted by atomic mass is 35.5. The predicted molar refractivity (Wildman–Crippen MR) is 109 cm³/mol. The molecule has 3 rings (SSSR count). The van der Waals surface area contributed by atoms with E-state index in [1.165, 1.54) is 23.9 Å². The van der Waals surface area contributed by atoms with E-state index < -0.39 is 5.97 Å². The van der Waals surface area contributed by atoms with E-state index in [0.717, 1.165) is 5.56 Å². The number of thioether (sulfide) groups is 1. The number of amides is 1. The van der Waals surface area contributed by atoms with Crippen LogP contribution in [0, 0.1) is 0 Å². The largest absolute Gasteiger partial charge is 0.478 e. The Morgan fingerprint density at radius 1 is 1.26 bits per heavy atom. The Kier molecular flexibility index (Phi) is 5.98. The van der Waals surface area contributed by atoms with Crippen LogP contribution in [0.25, 0.3) is 0 Å². The zero-order valence-electron chi connectivity index (χ0n) is 14.3. The number of nitrogens with zero attached hydrogens (tertiary/aromatic N) is 2. The number of aliphatic imine (C=N–C) groups is 1. The van der Waals surface area contributed by atoms with E-state index in [2.05, 4.69) is 11.6 Å². The van der Waals surface area contributed by atoms with Gasteiger partial charge in [0.25, 0.3) is 0 Å². The minimum Gasteiger partial charge on any atom is -0.478 e. The van der Waals surface area contributed by atoms with Gasteiger partial charge in [-0.05, 0) is 42.3 Å². The summed E-state index contributed by atoms with van der Waals surface area (Å²) in [5, 5.41) is 9.88. The smallest absolute Gasteiger partial charge is 0.335 e. The third-order valence-electron chi connectivity index (χ3n) is 4.03. The van der Waals surface area contributed by atoms with Crippen LogP contribution >= 0.6 is 23.4 Å². The Balaban J connectivity index is 1.85. The van der Waals surface area contributed by atoms with Gasteiger partial charge in [-0.2, -0.15) is 0 Å². The zero-order valence-corrected chi connectivity index (χ0v) is 15.9. The quantitative estimate of drug-likeness (QED) is 0.729. The Bertz CT molecular complexity index is 912. The second-order valence-electron chi connectivity index (χ2n) is 5.89. The van der Waals surface area contributed by atoms with Crippen molar-refractivity contribution in [2.45, 2.75) is 11.7 Å². The summed E-state index contributed by atoms with van der Waals surface area (Å²) in [6, 6.07) is 13.7. The molecule has 27 heavy (non-hydrogen) atoms. The third-order valence-corrected chi connectivity index (χ3v) is 5.58. The zero-order chi connectivity index (χ0) is 19.4. The Labute approximate surface area is 166 Å². The molecule has 0 radical (unpaired) electrons. The maximum absolute atomic E-state index is 12.8. The monoisotopic (exact) mass is 400 g/mol. The average Bonchev–Trinajstić information content (AvgIpc) is 2.93. The molecule has 1 amide bonds. The summed E-state index contributed by atoms with van der Waals surface area (Å²) < 4.78 is 0. The van der Waals surface area contributed by atoms with Gasteiger partial charge in [-0.25, -0.2) is 9.79 Å². The van der Waals surface area contributed by atoms with E-state index in [9.17, 15) is 9.59 Å². The van der Waals surface area contributed by atoms with Gasteiger partial charge in [0.05, 0.1) is 16.5 Å². The van der Waals surface area contributed by atoms with Gasteiger partial charge in [0.1, 0.15) is 0 Å². The normalized spacial score (nSPS) is 18.1. The first kappa shape index (κ1) is 19.2. The van der Waals surface area contributed by atoms with Gasteiger partial charge in [0, 0.05) is 11.6 Å². The molecule has 2 aromatic rings. The summed E-state index contributed by atoms with van der Waals surface area (Å²) in [7, 11) is 0. The Morgan fingerprint density at radius 2 is 1.96 bits per heavy atom. The molecule has 0 unspecified atom stereocenters. The van der Waals surface area contributed by atoms with E-state index in [4.69, 9.17) is 16.7 Å². The molecule has 0 aromatic heterocycles. The fraction of sp³-hybridized carbons (Fsp3) is 0.150. The average molecular weight is 401 g/mol. The second kappa shape index (κ2) is 8.41. The molecule has 0 saturated carbocycles. The Hall–Kier alpha value is -2.57. The van der Waals surface area contributed by atoms with Gasteiger partial charge in [-0.3, -0.25) is 9.69 Å². The number of hydrogen-bond acceptors (Lipinski definition) is 4. The molecule has 1 aliphatic rings. The minimum atomic E-state index is -0.993. The lowest BCUT2D eigenvalue weighted by atomic mass is 10.1. The van der Waals surface area contributed by atoms with Crippen molar-refractivity contribution < 1.29 is 14.7 Å². The standard InChI is InChI=1S/C20H17ClN2O3S/c1-2-11-23-18(24)17(12-14-5-3-4-6-16(14)21)27-20(23)22-15-9-7-13(8-10-15)19(25)26/h2-10,17H,1,11-12H2,(H,25,26)/t17-/m0/s1. The number of carbonyl (C=O) groups is 2. The van der Waals surface area contributed by atoms with Crippen molar-refractivity contribution in [3.8, 4) is 0 Å². The number of halogens is 1. The molecule has 7 heteroatoms. The van der Waals surface area contributed by atoms with Crippen LogP contribution in [0.1, 0.15) is 15.9 Å². The SMILES string of the molecule is C=CCN1C(=O)[C@H](Cc2ccccc2Cl)SC1=Nc1ccc(C(=O)O)cc1. The molecule has 1 fully saturated rings. The number of amidine groups is 1. The molecule has 0 aliphatic carbocycles. The van der Waals surface area contributed by atoms with E-state index in [0.29, 0.717) is 28.8 Å². The molecule has 1 aliphatic heterocycles. The first-order valence-electron chi connectivity index (χ1n) is 8.24. The summed E-state index contributed by atoms with van der Waals surface area (Å²) in [5.74, 6) is -1.03. The van der Waals surface area contributed by atoms with Crippen molar-refractivity contribution in [1.82, 2.24) is 4.90 Å². The van der Waals surface area contributed by atoms with Crippen LogP contribution in [0.3, 0.4) is 0 Å². The van der Waals surface area contributed by atoms with Crippen LogP contribution in [0.4, 0.5) is 5.69 Å². The lowest BCUT2D eigenvalue weighted by Gasteiger charge is -2.14. The van der Waals surface area contributed by atoms with Crippen molar-refractivity contribution in [2.75, 3.05) is 6.54 Å². The van der Waals surface area contributed by atoms with Crippen molar-refractivity contribution in [2.24, 2.45) is 4.99 Å². The highest BCUT2D eigenvalue weighted by Gasteiger charge is 2.37. The van der Waals surface area contributed by atoms with Crippen LogP contribution < -0.4 is 0 Å². The molecule has 0 spiro atoms. The van der Waals surface area contributed by atoms with E-state index in [-0.39, 0.29) is 16.7 Å². The van der Waals surface area contributed by atoms with Gasteiger partial charge in [0.15, 0.2) is 5.17 Å². The molecule has 2 aromatic carbocycles. The molecule has 1 saturated heterocycles. The number of benzene rings is 2. The predicted octanol–water partition coefficient (Wildman–Crippen LogP) is 4.40. The van der Waals surface area contributed by atoms with E-state index >= 15 is 0 Å². The van der Waals surface area contributed by atoms with E-state index in [1.807, 2.05) is 24.3 Å². The number of aromatic carboxylic acids is 1. The number of carboxylic acids is 1. The minimum absolute atomic E-state index is 0.0410. The van der Waals surface area contributed by atoms with Crippen LogP contribution in [0.2, 0.25) is 5.02 Å². The topological polar surface area (TPSA) is 70.0 Å². The molecule has 5 nitrogen and oxygen atoms in total. The fourth-order valence-electron chi connectivity index (χ4n) is 2.67.